The summed E-state index contributed by atoms with van der Waals surface area (Å²) in [6.45, 7) is 9.71. The second-order valence-corrected chi connectivity index (χ2v) is 5.03. The van der Waals surface area contributed by atoms with Crippen LogP contribution in [0.4, 0.5) is 0 Å². The number of hydrogen-bond acceptors (Lipinski definition) is 3. The summed E-state index contributed by atoms with van der Waals surface area (Å²) in [7, 11) is 0. The molecule has 2 rings (SSSR count). The Hall–Kier alpha value is -0.960. The molecular formula is C13H21N3. The molecule has 1 aromatic heterocycles. The molecule has 0 aliphatic carbocycles. The summed E-state index contributed by atoms with van der Waals surface area (Å²) in [5.74, 6) is 1.86. The van der Waals surface area contributed by atoms with Crippen LogP contribution in [0.15, 0.2) is 6.07 Å². The predicted octanol–water partition coefficient (Wildman–Crippen LogP) is 2.33. The smallest absolute Gasteiger partial charge is 0.142 e. The zero-order valence-corrected chi connectivity index (χ0v) is 10.5. The highest BCUT2D eigenvalue weighted by Gasteiger charge is 2.16. The molecule has 0 amide bonds. The monoisotopic (exact) mass is 219 g/mol. The van der Waals surface area contributed by atoms with E-state index in [0.717, 1.165) is 29.7 Å². The average Bonchev–Trinajstić information content (AvgIpc) is 2.20. The molecule has 0 spiro atoms. The number of aromatic nitrogens is 2. The Morgan fingerprint density at radius 2 is 1.75 bits per heavy atom. The first-order valence-electron chi connectivity index (χ1n) is 6.17. The van der Waals surface area contributed by atoms with Crippen molar-refractivity contribution in [2.24, 2.45) is 5.92 Å². The number of hydrogen-bond donors (Lipinski definition) is 0. The normalized spacial score (nSPS) is 18.9. The maximum absolute atomic E-state index is 4.49. The zero-order valence-electron chi connectivity index (χ0n) is 10.5. The number of likely N-dealkylation sites (tertiary alicyclic amines) is 1. The largest absolute Gasteiger partial charge is 0.296 e. The third-order valence-electron chi connectivity index (χ3n) is 3.27. The maximum Gasteiger partial charge on any atom is 0.142 e. The fourth-order valence-corrected chi connectivity index (χ4v) is 2.29. The molecule has 0 bridgehead atoms. The highest BCUT2D eigenvalue weighted by atomic mass is 15.1. The summed E-state index contributed by atoms with van der Waals surface area (Å²) in [5.41, 5.74) is 2.15. The first kappa shape index (κ1) is 11.5. The summed E-state index contributed by atoms with van der Waals surface area (Å²) in [6.07, 6.45) is 2.62. The van der Waals surface area contributed by atoms with Crippen LogP contribution in [0.3, 0.4) is 0 Å². The van der Waals surface area contributed by atoms with E-state index >= 15 is 0 Å². The van der Waals surface area contributed by atoms with Crippen molar-refractivity contribution in [2.75, 3.05) is 13.1 Å². The average molecular weight is 219 g/mol. The van der Waals surface area contributed by atoms with Gasteiger partial charge in [-0.15, -0.1) is 0 Å². The van der Waals surface area contributed by atoms with Gasteiger partial charge < -0.3 is 0 Å². The number of nitrogens with zero attached hydrogens (tertiary/aromatic N) is 3. The van der Waals surface area contributed by atoms with Gasteiger partial charge in [-0.05, 0) is 51.8 Å². The number of rotatable bonds is 2. The van der Waals surface area contributed by atoms with E-state index in [9.17, 15) is 0 Å². The molecule has 0 radical (unpaired) electrons. The highest BCUT2D eigenvalue weighted by molar-refractivity contribution is 5.08. The summed E-state index contributed by atoms with van der Waals surface area (Å²) in [5, 5.41) is 0. The van der Waals surface area contributed by atoms with Crippen LogP contribution in [0.1, 0.15) is 37.0 Å². The minimum atomic E-state index is 0.886. The Labute approximate surface area is 97.9 Å². The van der Waals surface area contributed by atoms with Crippen LogP contribution in [0.25, 0.3) is 0 Å². The Balaban J connectivity index is 1.98. The van der Waals surface area contributed by atoms with Gasteiger partial charge in [0.2, 0.25) is 0 Å². The standard InChI is InChI=1S/C13H21N3/c1-10-4-6-16(7-5-10)9-13-14-11(2)8-12(3)15-13/h8,10H,4-7,9H2,1-3H3. The topological polar surface area (TPSA) is 29.0 Å². The molecule has 1 aliphatic rings. The van der Waals surface area contributed by atoms with E-state index < -0.39 is 0 Å². The number of piperidine rings is 1. The molecule has 1 aliphatic heterocycles. The molecule has 0 saturated carbocycles. The summed E-state index contributed by atoms with van der Waals surface area (Å²) < 4.78 is 0. The molecule has 1 fully saturated rings. The quantitative estimate of drug-likeness (QED) is 0.764. The summed E-state index contributed by atoms with van der Waals surface area (Å²) in [6, 6.07) is 2.03. The van der Waals surface area contributed by atoms with Gasteiger partial charge in [0.1, 0.15) is 5.82 Å². The first-order valence-corrected chi connectivity index (χ1v) is 6.17. The second kappa shape index (κ2) is 4.91. The Bertz CT molecular complexity index is 334. The van der Waals surface area contributed by atoms with Gasteiger partial charge in [0.25, 0.3) is 0 Å². The van der Waals surface area contributed by atoms with Crippen LogP contribution in [-0.4, -0.2) is 28.0 Å². The lowest BCUT2D eigenvalue weighted by Gasteiger charge is -2.29. The summed E-state index contributed by atoms with van der Waals surface area (Å²) >= 11 is 0. The first-order chi connectivity index (χ1) is 7.63. The van der Waals surface area contributed by atoms with E-state index in [1.54, 1.807) is 0 Å². The SMILES string of the molecule is Cc1cc(C)nc(CN2CCC(C)CC2)n1. The van der Waals surface area contributed by atoms with Gasteiger partial charge in [-0.1, -0.05) is 6.92 Å². The zero-order chi connectivity index (χ0) is 11.5. The fraction of sp³-hybridized carbons (Fsp3) is 0.692. The van der Waals surface area contributed by atoms with Crippen molar-refractivity contribution in [3.05, 3.63) is 23.3 Å². The molecular weight excluding hydrogens is 198 g/mol. The van der Waals surface area contributed by atoms with Crippen LogP contribution >= 0.6 is 0 Å². The third kappa shape index (κ3) is 3.01. The molecule has 0 atom stereocenters. The molecule has 0 N–H and O–H groups in total. The molecule has 16 heavy (non-hydrogen) atoms. The van der Waals surface area contributed by atoms with Crippen LogP contribution in [0.5, 0.6) is 0 Å². The minimum Gasteiger partial charge on any atom is -0.296 e. The van der Waals surface area contributed by atoms with Gasteiger partial charge in [-0.2, -0.15) is 0 Å². The van der Waals surface area contributed by atoms with Crippen LogP contribution in [0, 0.1) is 19.8 Å². The number of aryl methyl sites for hydroxylation is 2. The van der Waals surface area contributed by atoms with Gasteiger partial charge in [0, 0.05) is 11.4 Å². The predicted molar refractivity (Wildman–Crippen MR) is 65.2 cm³/mol. The van der Waals surface area contributed by atoms with Crippen molar-refractivity contribution < 1.29 is 0 Å². The van der Waals surface area contributed by atoms with E-state index in [2.05, 4.69) is 21.8 Å². The molecule has 1 saturated heterocycles. The molecule has 1 aromatic rings. The van der Waals surface area contributed by atoms with E-state index in [1.165, 1.54) is 25.9 Å². The molecule has 2 heterocycles. The third-order valence-corrected chi connectivity index (χ3v) is 3.27. The van der Waals surface area contributed by atoms with Gasteiger partial charge in [0.15, 0.2) is 0 Å². The van der Waals surface area contributed by atoms with Gasteiger partial charge in [-0.25, -0.2) is 9.97 Å². The van der Waals surface area contributed by atoms with Crippen LogP contribution in [0.2, 0.25) is 0 Å². The van der Waals surface area contributed by atoms with Crippen molar-refractivity contribution in [1.29, 1.82) is 0 Å². The Kier molecular flexibility index (Phi) is 3.54. The van der Waals surface area contributed by atoms with Gasteiger partial charge in [0.05, 0.1) is 6.54 Å². The van der Waals surface area contributed by atoms with E-state index in [0.29, 0.717) is 0 Å². The highest BCUT2D eigenvalue weighted by Crippen LogP contribution is 2.17. The lowest BCUT2D eigenvalue weighted by atomic mass is 9.99. The second-order valence-electron chi connectivity index (χ2n) is 5.03. The lowest BCUT2D eigenvalue weighted by Crippen LogP contribution is -2.33. The molecule has 0 unspecified atom stereocenters. The Morgan fingerprint density at radius 1 is 1.19 bits per heavy atom. The van der Waals surface area contributed by atoms with E-state index in [4.69, 9.17) is 0 Å². The molecule has 88 valence electrons. The van der Waals surface area contributed by atoms with Crippen molar-refractivity contribution in [1.82, 2.24) is 14.9 Å². The van der Waals surface area contributed by atoms with E-state index in [-0.39, 0.29) is 0 Å². The van der Waals surface area contributed by atoms with Crippen molar-refractivity contribution >= 4 is 0 Å². The Morgan fingerprint density at radius 3 is 2.31 bits per heavy atom. The van der Waals surface area contributed by atoms with Crippen LogP contribution < -0.4 is 0 Å². The lowest BCUT2D eigenvalue weighted by molar-refractivity contribution is 0.181. The molecule has 3 nitrogen and oxygen atoms in total. The summed E-state index contributed by atoms with van der Waals surface area (Å²) in [4.78, 5) is 11.5. The van der Waals surface area contributed by atoms with Gasteiger partial charge in [-0.3, -0.25) is 4.90 Å². The van der Waals surface area contributed by atoms with Crippen molar-refractivity contribution in [3.63, 3.8) is 0 Å². The van der Waals surface area contributed by atoms with Crippen molar-refractivity contribution in [2.45, 2.75) is 40.2 Å². The van der Waals surface area contributed by atoms with E-state index in [1.807, 2.05) is 19.9 Å². The van der Waals surface area contributed by atoms with Gasteiger partial charge >= 0.3 is 0 Å². The van der Waals surface area contributed by atoms with Crippen LogP contribution in [-0.2, 0) is 6.54 Å². The molecule has 0 aromatic carbocycles. The maximum atomic E-state index is 4.49. The van der Waals surface area contributed by atoms with Crippen molar-refractivity contribution in [3.8, 4) is 0 Å². The fourth-order valence-electron chi connectivity index (χ4n) is 2.29. The molecule has 3 heteroatoms. The minimum absolute atomic E-state index is 0.886.